The topological polar surface area (TPSA) is 73.1 Å². The lowest BCUT2D eigenvalue weighted by Crippen LogP contribution is -2.20. The van der Waals surface area contributed by atoms with Crippen molar-refractivity contribution < 1.29 is 23.0 Å². The minimum atomic E-state index is -4.46. The third kappa shape index (κ3) is 5.20. The number of alkyl halides is 3. The molecule has 6 nitrogen and oxygen atoms in total. The molecule has 0 fully saturated rings. The van der Waals surface area contributed by atoms with Crippen LogP contribution >= 0.6 is 11.8 Å². The minimum absolute atomic E-state index is 0.0716. The number of rotatable bonds is 7. The summed E-state index contributed by atoms with van der Waals surface area (Å²) in [4.78, 5) is 0. The predicted molar refractivity (Wildman–Crippen MR) is 92.8 cm³/mol. The Labute approximate surface area is 157 Å². The maximum Gasteiger partial charge on any atom is 0.416 e. The molecule has 10 heteroatoms. The summed E-state index contributed by atoms with van der Waals surface area (Å²) in [5, 5.41) is 21.4. The Bertz CT molecular complexity index is 874. The molecule has 0 saturated heterocycles. The van der Waals surface area contributed by atoms with Crippen LogP contribution in [0, 0.1) is 0 Å². The fraction of sp³-hybridized carbons (Fsp3) is 0.235. The van der Waals surface area contributed by atoms with Crippen molar-refractivity contribution in [3.63, 3.8) is 0 Å². The highest BCUT2D eigenvalue weighted by atomic mass is 32.2. The van der Waals surface area contributed by atoms with Crippen molar-refractivity contribution in [2.24, 2.45) is 0 Å². The normalized spacial score (nSPS) is 12.7. The first-order valence-corrected chi connectivity index (χ1v) is 8.87. The van der Waals surface area contributed by atoms with Gasteiger partial charge in [-0.15, -0.1) is 5.10 Å². The van der Waals surface area contributed by atoms with Gasteiger partial charge in [0, 0.05) is 5.75 Å². The van der Waals surface area contributed by atoms with Crippen LogP contribution in [0.5, 0.6) is 5.75 Å². The van der Waals surface area contributed by atoms with Crippen LogP contribution in [-0.2, 0) is 6.18 Å². The molecule has 1 aromatic heterocycles. The second-order valence-corrected chi connectivity index (χ2v) is 6.50. The van der Waals surface area contributed by atoms with E-state index in [9.17, 15) is 18.3 Å². The van der Waals surface area contributed by atoms with E-state index < -0.39 is 17.8 Å². The van der Waals surface area contributed by atoms with Crippen LogP contribution in [0.3, 0.4) is 0 Å². The molecule has 1 heterocycles. The molecule has 1 unspecified atom stereocenters. The van der Waals surface area contributed by atoms with E-state index in [2.05, 4.69) is 15.5 Å². The van der Waals surface area contributed by atoms with Crippen LogP contribution < -0.4 is 4.74 Å². The Morgan fingerprint density at radius 3 is 2.63 bits per heavy atom. The standard InChI is InChI=1S/C17H15F3N4O2S/c18-17(19,20)12-5-4-6-13(9-12)24-16(21-22-23-24)27-11-14(25)10-26-15-7-2-1-3-8-15/h1-9,14,25H,10-11H2. The molecule has 0 aliphatic heterocycles. The smallest absolute Gasteiger partial charge is 0.416 e. The predicted octanol–water partition coefficient (Wildman–Crippen LogP) is 3.21. The minimum Gasteiger partial charge on any atom is -0.491 e. The maximum atomic E-state index is 12.9. The van der Waals surface area contributed by atoms with Gasteiger partial charge in [-0.1, -0.05) is 36.0 Å². The summed E-state index contributed by atoms with van der Waals surface area (Å²) in [6.07, 6.45) is -5.26. The molecule has 27 heavy (non-hydrogen) atoms. The lowest BCUT2D eigenvalue weighted by molar-refractivity contribution is -0.137. The van der Waals surface area contributed by atoms with Gasteiger partial charge < -0.3 is 9.84 Å². The van der Waals surface area contributed by atoms with Gasteiger partial charge in [0.05, 0.1) is 17.4 Å². The molecule has 0 spiro atoms. The first-order valence-electron chi connectivity index (χ1n) is 7.88. The van der Waals surface area contributed by atoms with Gasteiger partial charge in [-0.05, 0) is 40.8 Å². The van der Waals surface area contributed by atoms with E-state index in [-0.39, 0.29) is 23.2 Å². The van der Waals surface area contributed by atoms with Gasteiger partial charge in [0.25, 0.3) is 0 Å². The highest BCUT2D eigenvalue weighted by molar-refractivity contribution is 7.99. The second-order valence-electron chi connectivity index (χ2n) is 5.51. The molecule has 3 aromatic rings. The molecule has 0 saturated carbocycles. The number of tetrazole rings is 1. The van der Waals surface area contributed by atoms with Crippen LogP contribution in [0.2, 0.25) is 0 Å². The third-order valence-corrected chi connectivity index (χ3v) is 4.51. The number of nitrogens with zero attached hydrogens (tertiary/aromatic N) is 4. The van der Waals surface area contributed by atoms with Crippen molar-refractivity contribution in [3.8, 4) is 11.4 Å². The number of aromatic nitrogens is 4. The lowest BCUT2D eigenvalue weighted by Gasteiger charge is -2.12. The summed E-state index contributed by atoms with van der Waals surface area (Å²) < 4.78 is 45.3. The molecule has 1 atom stereocenters. The molecular weight excluding hydrogens is 381 g/mol. The average Bonchev–Trinajstić information content (AvgIpc) is 3.13. The summed E-state index contributed by atoms with van der Waals surface area (Å²) in [5.41, 5.74) is -0.602. The Morgan fingerprint density at radius 2 is 1.89 bits per heavy atom. The number of hydrogen-bond donors (Lipinski definition) is 1. The summed E-state index contributed by atoms with van der Waals surface area (Å²) in [6, 6.07) is 13.7. The largest absolute Gasteiger partial charge is 0.491 e. The van der Waals surface area contributed by atoms with Gasteiger partial charge in [-0.2, -0.15) is 17.9 Å². The fourth-order valence-corrected chi connectivity index (χ4v) is 2.97. The zero-order valence-corrected chi connectivity index (χ0v) is 14.7. The molecule has 0 amide bonds. The lowest BCUT2D eigenvalue weighted by atomic mass is 10.2. The Kier molecular flexibility index (Phi) is 5.97. The molecule has 0 aliphatic carbocycles. The van der Waals surface area contributed by atoms with Crippen molar-refractivity contribution in [3.05, 3.63) is 60.2 Å². The van der Waals surface area contributed by atoms with Gasteiger partial charge in [-0.3, -0.25) is 0 Å². The SMILES string of the molecule is OC(COc1ccccc1)CSc1nnnn1-c1cccc(C(F)(F)F)c1. The molecule has 0 radical (unpaired) electrons. The van der Waals surface area contributed by atoms with E-state index in [0.29, 0.717) is 5.75 Å². The van der Waals surface area contributed by atoms with Crippen LogP contribution in [0.25, 0.3) is 5.69 Å². The molecule has 3 rings (SSSR count). The highest BCUT2D eigenvalue weighted by Gasteiger charge is 2.30. The summed E-state index contributed by atoms with van der Waals surface area (Å²) >= 11 is 1.12. The Balaban J connectivity index is 1.62. The van der Waals surface area contributed by atoms with Gasteiger partial charge in [0.1, 0.15) is 12.4 Å². The first-order chi connectivity index (χ1) is 12.9. The summed E-state index contributed by atoms with van der Waals surface area (Å²) in [6.45, 7) is 0.0716. The van der Waals surface area contributed by atoms with Crippen molar-refractivity contribution in [2.75, 3.05) is 12.4 Å². The molecule has 2 aromatic carbocycles. The number of halogens is 3. The number of hydrogen-bond acceptors (Lipinski definition) is 6. The molecule has 0 aliphatic rings. The zero-order chi connectivity index (χ0) is 19.3. The Hall–Kier alpha value is -2.59. The molecule has 142 valence electrons. The molecule has 1 N–H and O–H groups in total. The monoisotopic (exact) mass is 396 g/mol. The first kappa shape index (κ1) is 19.2. The van der Waals surface area contributed by atoms with Gasteiger partial charge in [0.2, 0.25) is 5.16 Å². The van der Waals surface area contributed by atoms with Gasteiger partial charge in [0.15, 0.2) is 0 Å². The zero-order valence-electron chi connectivity index (χ0n) is 13.9. The number of para-hydroxylation sites is 1. The number of ether oxygens (including phenoxy) is 1. The number of thioether (sulfide) groups is 1. The van der Waals surface area contributed by atoms with Crippen molar-refractivity contribution in [1.29, 1.82) is 0 Å². The van der Waals surface area contributed by atoms with E-state index in [1.807, 2.05) is 18.2 Å². The van der Waals surface area contributed by atoms with E-state index in [1.165, 1.54) is 16.8 Å². The third-order valence-electron chi connectivity index (χ3n) is 3.45. The van der Waals surface area contributed by atoms with E-state index in [0.717, 1.165) is 23.9 Å². The summed E-state index contributed by atoms with van der Waals surface area (Å²) in [5.74, 6) is 0.849. The molecular formula is C17H15F3N4O2S. The second kappa shape index (κ2) is 8.40. The quantitative estimate of drug-likeness (QED) is 0.619. The van der Waals surface area contributed by atoms with Crippen molar-refractivity contribution >= 4 is 11.8 Å². The van der Waals surface area contributed by atoms with Crippen LogP contribution in [-0.4, -0.2) is 43.8 Å². The van der Waals surface area contributed by atoms with Crippen LogP contribution in [0.4, 0.5) is 13.2 Å². The van der Waals surface area contributed by atoms with Gasteiger partial charge >= 0.3 is 6.18 Å². The number of aliphatic hydroxyl groups excluding tert-OH is 1. The highest BCUT2D eigenvalue weighted by Crippen LogP contribution is 2.30. The van der Waals surface area contributed by atoms with E-state index in [4.69, 9.17) is 4.74 Å². The fourth-order valence-electron chi connectivity index (χ4n) is 2.17. The average molecular weight is 396 g/mol. The maximum absolute atomic E-state index is 12.9. The van der Waals surface area contributed by atoms with Crippen molar-refractivity contribution in [2.45, 2.75) is 17.4 Å². The van der Waals surface area contributed by atoms with Crippen LogP contribution in [0.15, 0.2) is 59.8 Å². The van der Waals surface area contributed by atoms with E-state index in [1.54, 1.807) is 12.1 Å². The summed E-state index contributed by atoms with van der Waals surface area (Å²) in [7, 11) is 0. The van der Waals surface area contributed by atoms with Crippen LogP contribution in [0.1, 0.15) is 5.56 Å². The van der Waals surface area contributed by atoms with E-state index >= 15 is 0 Å². The Morgan fingerprint density at radius 1 is 1.11 bits per heavy atom. The number of benzene rings is 2. The van der Waals surface area contributed by atoms with Gasteiger partial charge in [-0.25, -0.2) is 0 Å². The number of aliphatic hydroxyl groups is 1. The molecule has 0 bridgehead atoms. The van der Waals surface area contributed by atoms with Crippen molar-refractivity contribution in [1.82, 2.24) is 20.2 Å².